The third-order valence-electron chi connectivity index (χ3n) is 8.42. The van der Waals surface area contributed by atoms with Crippen LogP contribution in [0.15, 0.2) is 11.6 Å². The molecule has 25 heavy (non-hydrogen) atoms. The predicted molar refractivity (Wildman–Crippen MR) is 96.8 cm³/mol. The zero-order valence-corrected chi connectivity index (χ0v) is 16.0. The molecule has 4 rings (SSSR count). The molecule has 0 radical (unpaired) electrons. The van der Waals surface area contributed by atoms with Gasteiger partial charge in [0.15, 0.2) is 5.78 Å². The fourth-order valence-electron chi connectivity index (χ4n) is 7.09. The molecule has 3 fully saturated rings. The molecule has 0 N–H and O–H groups in total. The van der Waals surface area contributed by atoms with Gasteiger partial charge >= 0.3 is 5.97 Å². The second-order valence-corrected chi connectivity index (χ2v) is 9.70. The van der Waals surface area contributed by atoms with E-state index in [1.54, 1.807) is 0 Å². The molecule has 0 aromatic carbocycles. The van der Waals surface area contributed by atoms with Gasteiger partial charge < -0.3 is 4.74 Å². The van der Waals surface area contributed by atoms with Crippen LogP contribution in [-0.2, 0) is 14.3 Å². The van der Waals surface area contributed by atoms with Crippen LogP contribution < -0.4 is 0 Å². The molecular weight excluding hydrogens is 312 g/mol. The van der Waals surface area contributed by atoms with Gasteiger partial charge in [-0.25, -0.2) is 0 Å². The summed E-state index contributed by atoms with van der Waals surface area (Å²) in [5, 5.41) is 0. The van der Waals surface area contributed by atoms with Crippen LogP contribution in [0.25, 0.3) is 0 Å². The smallest absolute Gasteiger partial charge is 0.302 e. The molecule has 0 spiro atoms. The van der Waals surface area contributed by atoms with Crippen molar-refractivity contribution >= 4 is 11.8 Å². The topological polar surface area (TPSA) is 43.4 Å². The average Bonchev–Trinajstić information content (AvgIpc) is 2.95. The van der Waals surface area contributed by atoms with Gasteiger partial charge in [0.1, 0.15) is 0 Å². The lowest BCUT2D eigenvalue weighted by Crippen LogP contribution is -2.53. The Morgan fingerprint density at radius 2 is 2.00 bits per heavy atom. The quantitative estimate of drug-likeness (QED) is 0.682. The summed E-state index contributed by atoms with van der Waals surface area (Å²) < 4.78 is 5.50. The van der Waals surface area contributed by atoms with E-state index in [1.165, 1.54) is 44.6 Å². The van der Waals surface area contributed by atoms with Gasteiger partial charge in [-0.1, -0.05) is 25.8 Å². The number of carbonyl (C=O) groups excluding carboxylic acids is 2. The van der Waals surface area contributed by atoms with Gasteiger partial charge in [-0.3, -0.25) is 9.59 Å². The first-order valence-electron chi connectivity index (χ1n) is 10.2. The summed E-state index contributed by atoms with van der Waals surface area (Å²) in [4.78, 5) is 23.5. The number of ketones is 1. The third-order valence-corrected chi connectivity index (χ3v) is 8.42. The molecule has 0 saturated heterocycles. The lowest BCUT2D eigenvalue weighted by molar-refractivity contribution is -0.147. The molecule has 4 aliphatic rings. The first-order valence-corrected chi connectivity index (χ1v) is 10.2. The van der Waals surface area contributed by atoms with Crippen molar-refractivity contribution in [2.24, 2.45) is 34.5 Å². The zero-order valence-electron chi connectivity index (χ0n) is 16.0. The van der Waals surface area contributed by atoms with E-state index in [9.17, 15) is 9.59 Å². The van der Waals surface area contributed by atoms with Gasteiger partial charge in [0, 0.05) is 19.3 Å². The SMILES string of the molecule is CC(=O)OCC1CC2=CC(=O)CC[C@]2(C)[C@H]2CC[C@]3(C)CCC[C@H]3[C@H]12. The number of allylic oxidation sites excluding steroid dienone is 1. The van der Waals surface area contributed by atoms with Gasteiger partial charge in [0.2, 0.25) is 0 Å². The predicted octanol–water partition coefficient (Wildman–Crippen LogP) is 4.70. The summed E-state index contributed by atoms with van der Waals surface area (Å²) in [7, 11) is 0. The number of rotatable bonds is 2. The van der Waals surface area contributed by atoms with E-state index in [0.29, 0.717) is 42.0 Å². The van der Waals surface area contributed by atoms with E-state index in [0.717, 1.165) is 18.8 Å². The maximum atomic E-state index is 12.1. The minimum Gasteiger partial charge on any atom is -0.466 e. The van der Waals surface area contributed by atoms with E-state index in [4.69, 9.17) is 4.74 Å². The van der Waals surface area contributed by atoms with Crippen molar-refractivity contribution in [1.29, 1.82) is 0 Å². The maximum Gasteiger partial charge on any atom is 0.302 e. The highest BCUT2D eigenvalue weighted by Gasteiger charge is 2.59. The normalized spacial score (nSPS) is 45.9. The average molecular weight is 344 g/mol. The van der Waals surface area contributed by atoms with Crippen molar-refractivity contribution < 1.29 is 14.3 Å². The molecule has 0 aliphatic heterocycles. The van der Waals surface area contributed by atoms with Gasteiger partial charge in [-0.15, -0.1) is 0 Å². The molecule has 3 heteroatoms. The van der Waals surface area contributed by atoms with Crippen molar-refractivity contribution in [3.05, 3.63) is 11.6 Å². The fraction of sp³-hybridized carbons (Fsp3) is 0.818. The summed E-state index contributed by atoms with van der Waals surface area (Å²) in [6, 6.07) is 0. The lowest BCUT2D eigenvalue weighted by Gasteiger charge is -2.59. The molecule has 1 unspecified atom stereocenters. The molecule has 0 aromatic rings. The highest BCUT2D eigenvalue weighted by atomic mass is 16.5. The maximum absolute atomic E-state index is 12.1. The Kier molecular flexibility index (Phi) is 4.12. The summed E-state index contributed by atoms with van der Waals surface area (Å²) in [5.41, 5.74) is 2.02. The molecule has 138 valence electrons. The van der Waals surface area contributed by atoms with E-state index < -0.39 is 0 Å². The van der Waals surface area contributed by atoms with Crippen molar-refractivity contribution in [1.82, 2.24) is 0 Å². The number of ether oxygens (including phenoxy) is 1. The summed E-state index contributed by atoms with van der Waals surface area (Å²) in [5.74, 6) is 2.57. The first kappa shape index (κ1) is 17.3. The van der Waals surface area contributed by atoms with Crippen LogP contribution in [0.1, 0.15) is 72.1 Å². The molecule has 0 bridgehead atoms. The zero-order chi connectivity index (χ0) is 17.8. The van der Waals surface area contributed by atoms with Gasteiger partial charge in [-0.2, -0.15) is 0 Å². The van der Waals surface area contributed by atoms with Crippen LogP contribution in [0.3, 0.4) is 0 Å². The minimum atomic E-state index is -0.177. The van der Waals surface area contributed by atoms with Crippen molar-refractivity contribution in [2.45, 2.75) is 72.1 Å². The van der Waals surface area contributed by atoms with Crippen LogP contribution in [0.2, 0.25) is 0 Å². The molecule has 0 aromatic heterocycles. The number of esters is 1. The molecule has 4 aliphatic carbocycles. The molecular formula is C22H32O3. The molecule has 0 amide bonds. The number of carbonyl (C=O) groups is 2. The highest BCUT2D eigenvalue weighted by molar-refractivity contribution is 5.91. The molecule has 0 heterocycles. The Morgan fingerprint density at radius 3 is 2.76 bits per heavy atom. The Hall–Kier alpha value is -1.12. The van der Waals surface area contributed by atoms with Crippen LogP contribution in [0, 0.1) is 34.5 Å². The minimum absolute atomic E-state index is 0.177. The summed E-state index contributed by atoms with van der Waals surface area (Å²) in [6.07, 6.45) is 11.3. The highest BCUT2D eigenvalue weighted by Crippen LogP contribution is 2.66. The van der Waals surface area contributed by atoms with Crippen LogP contribution in [0.4, 0.5) is 0 Å². The monoisotopic (exact) mass is 344 g/mol. The second-order valence-electron chi connectivity index (χ2n) is 9.70. The first-order chi connectivity index (χ1) is 11.8. The standard InChI is InChI=1S/C22H32O3/c1-14(23)25-13-15-11-16-12-17(24)6-10-22(16,3)19-7-9-21(2)8-4-5-18(21)20(15)19/h12,15,18-20H,4-11,13H2,1-3H3/t15?,18-,19-,20-,21-,22-/m0/s1. The van der Waals surface area contributed by atoms with Crippen molar-refractivity contribution in [3.63, 3.8) is 0 Å². The van der Waals surface area contributed by atoms with E-state index >= 15 is 0 Å². The largest absolute Gasteiger partial charge is 0.466 e. The fourth-order valence-corrected chi connectivity index (χ4v) is 7.09. The van der Waals surface area contributed by atoms with Gasteiger partial charge in [-0.05, 0) is 73.2 Å². The number of hydrogen-bond acceptors (Lipinski definition) is 3. The van der Waals surface area contributed by atoms with Crippen LogP contribution >= 0.6 is 0 Å². The number of fused-ring (bicyclic) bond motifs is 5. The molecule has 6 atom stereocenters. The Morgan fingerprint density at radius 1 is 1.20 bits per heavy atom. The van der Waals surface area contributed by atoms with E-state index in [-0.39, 0.29) is 11.4 Å². The second kappa shape index (κ2) is 5.96. The van der Waals surface area contributed by atoms with Crippen LogP contribution in [-0.4, -0.2) is 18.4 Å². The van der Waals surface area contributed by atoms with E-state index in [2.05, 4.69) is 13.8 Å². The Bertz CT molecular complexity index is 621. The van der Waals surface area contributed by atoms with Crippen LogP contribution in [0.5, 0.6) is 0 Å². The number of hydrogen-bond donors (Lipinski definition) is 0. The van der Waals surface area contributed by atoms with Gasteiger partial charge in [0.05, 0.1) is 6.61 Å². The Labute approximate surface area is 151 Å². The lowest BCUT2D eigenvalue weighted by atomic mass is 9.45. The Balaban J connectivity index is 1.71. The third kappa shape index (κ3) is 2.69. The molecule has 3 saturated carbocycles. The summed E-state index contributed by atoms with van der Waals surface area (Å²) in [6.45, 7) is 6.96. The van der Waals surface area contributed by atoms with Crippen molar-refractivity contribution in [2.75, 3.05) is 6.61 Å². The summed E-state index contributed by atoms with van der Waals surface area (Å²) >= 11 is 0. The molecule has 3 nitrogen and oxygen atoms in total. The van der Waals surface area contributed by atoms with E-state index in [1.807, 2.05) is 6.08 Å². The van der Waals surface area contributed by atoms with Crippen molar-refractivity contribution in [3.8, 4) is 0 Å². The van der Waals surface area contributed by atoms with Gasteiger partial charge in [0.25, 0.3) is 0 Å².